The van der Waals surface area contributed by atoms with E-state index in [2.05, 4.69) is 0 Å². The number of amides is 1. The fraction of sp³-hybridized carbons (Fsp3) is 0.273. The molecule has 1 aromatic rings. The lowest BCUT2D eigenvalue weighted by Crippen LogP contribution is -2.46. The van der Waals surface area contributed by atoms with Crippen molar-refractivity contribution in [3.63, 3.8) is 0 Å². The molecular weight excluding hydrogens is 286 g/mol. The van der Waals surface area contributed by atoms with E-state index >= 15 is 0 Å². The Bertz CT molecular complexity index is 574. The Hall–Kier alpha value is -2.16. The van der Waals surface area contributed by atoms with Gasteiger partial charge in [-0.15, -0.1) is 0 Å². The van der Waals surface area contributed by atoms with Gasteiger partial charge in [-0.2, -0.15) is 0 Å². The summed E-state index contributed by atoms with van der Waals surface area (Å²) in [6.45, 7) is -0.000972. The van der Waals surface area contributed by atoms with E-state index in [0.717, 1.165) is 6.92 Å². The molecule has 3 N–H and O–H groups in total. The molecule has 0 aliphatic rings. The first-order valence-corrected chi connectivity index (χ1v) is 5.15. The minimum Gasteiger partial charge on any atom is -0.479 e. The van der Waals surface area contributed by atoms with E-state index in [0.29, 0.717) is 0 Å². The third kappa shape index (κ3) is 3.05. The molecule has 0 fully saturated rings. The van der Waals surface area contributed by atoms with Crippen molar-refractivity contribution in [3.05, 3.63) is 34.9 Å². The van der Waals surface area contributed by atoms with Gasteiger partial charge >= 0.3 is 5.97 Å². The Morgan fingerprint density at radius 2 is 1.75 bits per heavy atom. The second-order valence-electron chi connectivity index (χ2n) is 4.11. The highest BCUT2D eigenvalue weighted by molar-refractivity contribution is 5.95. The summed E-state index contributed by atoms with van der Waals surface area (Å²) in [5.74, 6) is -11.0. The van der Waals surface area contributed by atoms with Crippen molar-refractivity contribution in [2.45, 2.75) is 12.5 Å². The van der Waals surface area contributed by atoms with E-state index in [9.17, 15) is 32.3 Å². The second kappa shape index (κ2) is 5.45. The molecule has 9 heteroatoms. The maximum atomic E-state index is 13.3. The van der Waals surface area contributed by atoms with E-state index < -0.39 is 52.9 Å². The van der Waals surface area contributed by atoms with E-state index in [1.54, 1.807) is 5.32 Å². The average molecular weight is 295 g/mol. The molecule has 1 aromatic carbocycles. The number of rotatable bonds is 4. The van der Waals surface area contributed by atoms with Crippen LogP contribution in [0, 0.1) is 23.3 Å². The SMILES string of the molecule is CC(O)(CNC(=O)c1cc(F)c(F)c(F)c1F)C(=O)O. The zero-order valence-corrected chi connectivity index (χ0v) is 10.0. The van der Waals surface area contributed by atoms with Crippen LogP contribution in [0.15, 0.2) is 6.07 Å². The molecule has 0 saturated heterocycles. The quantitative estimate of drug-likeness (QED) is 0.436. The molecule has 20 heavy (non-hydrogen) atoms. The van der Waals surface area contributed by atoms with Gasteiger partial charge in [-0.3, -0.25) is 4.79 Å². The summed E-state index contributed by atoms with van der Waals surface area (Å²) in [6, 6.07) is 0.124. The number of carbonyl (C=O) groups is 2. The van der Waals surface area contributed by atoms with Crippen LogP contribution in [0.3, 0.4) is 0 Å². The Kier molecular flexibility index (Phi) is 4.33. The number of halogens is 4. The van der Waals surface area contributed by atoms with E-state index in [1.807, 2.05) is 0 Å². The molecule has 0 bridgehead atoms. The van der Waals surface area contributed by atoms with E-state index in [4.69, 9.17) is 5.11 Å². The fourth-order valence-electron chi connectivity index (χ4n) is 1.16. The van der Waals surface area contributed by atoms with Crippen molar-refractivity contribution >= 4 is 11.9 Å². The van der Waals surface area contributed by atoms with E-state index in [1.165, 1.54) is 0 Å². The third-order valence-corrected chi connectivity index (χ3v) is 2.40. The van der Waals surface area contributed by atoms with Crippen LogP contribution < -0.4 is 5.32 Å². The number of hydrogen-bond donors (Lipinski definition) is 3. The first-order chi connectivity index (χ1) is 9.08. The molecular formula is C11H9F4NO4. The standard InChI is InChI=1S/C11H9F4NO4/c1-11(20,10(18)19)3-16-9(17)4-2-5(12)7(14)8(15)6(4)13/h2,20H,3H2,1H3,(H,16,17)(H,18,19). The fourth-order valence-corrected chi connectivity index (χ4v) is 1.16. The molecule has 0 spiro atoms. The lowest BCUT2D eigenvalue weighted by molar-refractivity contribution is -0.155. The van der Waals surface area contributed by atoms with Gasteiger partial charge in [-0.05, 0) is 13.0 Å². The molecule has 0 radical (unpaired) electrons. The first-order valence-electron chi connectivity index (χ1n) is 5.15. The van der Waals surface area contributed by atoms with Crippen molar-refractivity contribution in [1.82, 2.24) is 5.32 Å². The lowest BCUT2D eigenvalue weighted by atomic mass is 10.1. The zero-order valence-electron chi connectivity index (χ0n) is 10.0. The number of aliphatic hydroxyl groups is 1. The molecule has 0 aliphatic carbocycles. The molecule has 110 valence electrons. The highest BCUT2D eigenvalue weighted by Crippen LogP contribution is 2.18. The number of carbonyl (C=O) groups excluding carboxylic acids is 1. The van der Waals surface area contributed by atoms with Crippen molar-refractivity contribution in [2.75, 3.05) is 6.54 Å². The minimum absolute atomic E-state index is 0.124. The minimum atomic E-state index is -2.36. The maximum absolute atomic E-state index is 13.3. The zero-order chi connectivity index (χ0) is 15.7. The number of carboxylic acids is 1. The van der Waals surface area contributed by atoms with Gasteiger partial charge in [0.1, 0.15) is 0 Å². The normalized spacial score (nSPS) is 13.7. The number of carboxylic acid groups (broad SMARTS) is 1. The van der Waals surface area contributed by atoms with Crippen LogP contribution in [0.5, 0.6) is 0 Å². The molecule has 1 unspecified atom stereocenters. The van der Waals surface area contributed by atoms with Gasteiger partial charge in [0, 0.05) is 0 Å². The number of benzene rings is 1. The summed E-state index contributed by atoms with van der Waals surface area (Å²) < 4.78 is 51.7. The monoisotopic (exact) mass is 295 g/mol. The third-order valence-electron chi connectivity index (χ3n) is 2.40. The number of aliphatic carboxylic acids is 1. The lowest BCUT2D eigenvalue weighted by Gasteiger charge is -2.18. The van der Waals surface area contributed by atoms with Crippen LogP contribution in [-0.2, 0) is 4.79 Å². The van der Waals surface area contributed by atoms with Gasteiger partial charge in [0.15, 0.2) is 28.9 Å². The Labute approximate surface area is 109 Å². The molecule has 1 amide bonds. The molecule has 5 nitrogen and oxygen atoms in total. The summed E-state index contributed by atoms with van der Waals surface area (Å²) in [7, 11) is 0. The average Bonchev–Trinajstić information content (AvgIpc) is 2.37. The Morgan fingerprint density at radius 1 is 1.20 bits per heavy atom. The largest absolute Gasteiger partial charge is 0.479 e. The van der Waals surface area contributed by atoms with Gasteiger partial charge in [-0.25, -0.2) is 22.4 Å². The molecule has 0 heterocycles. The van der Waals surface area contributed by atoms with Crippen LogP contribution in [-0.4, -0.2) is 34.2 Å². The van der Waals surface area contributed by atoms with Gasteiger partial charge in [-0.1, -0.05) is 0 Å². The van der Waals surface area contributed by atoms with Crippen LogP contribution >= 0.6 is 0 Å². The molecule has 0 aromatic heterocycles. The van der Waals surface area contributed by atoms with Crippen LogP contribution in [0.2, 0.25) is 0 Å². The van der Waals surface area contributed by atoms with E-state index in [-0.39, 0.29) is 6.07 Å². The summed E-state index contributed by atoms with van der Waals surface area (Å²) in [4.78, 5) is 22.0. The highest BCUT2D eigenvalue weighted by atomic mass is 19.2. The maximum Gasteiger partial charge on any atom is 0.337 e. The highest BCUT2D eigenvalue weighted by Gasteiger charge is 2.31. The smallest absolute Gasteiger partial charge is 0.337 e. The second-order valence-corrected chi connectivity index (χ2v) is 4.11. The van der Waals surface area contributed by atoms with Crippen LogP contribution in [0.4, 0.5) is 17.6 Å². The van der Waals surface area contributed by atoms with Crippen LogP contribution in [0.25, 0.3) is 0 Å². The number of hydrogen-bond acceptors (Lipinski definition) is 3. The van der Waals surface area contributed by atoms with Gasteiger partial charge in [0.05, 0.1) is 12.1 Å². The summed E-state index contributed by atoms with van der Waals surface area (Å²) >= 11 is 0. The molecule has 0 saturated carbocycles. The van der Waals surface area contributed by atoms with Crippen molar-refractivity contribution in [1.29, 1.82) is 0 Å². The topological polar surface area (TPSA) is 86.6 Å². The summed E-state index contributed by atoms with van der Waals surface area (Å²) in [5.41, 5.74) is -3.51. The van der Waals surface area contributed by atoms with Crippen molar-refractivity contribution < 1.29 is 37.4 Å². The Balaban J connectivity index is 2.98. The van der Waals surface area contributed by atoms with Gasteiger partial charge < -0.3 is 15.5 Å². The number of nitrogens with one attached hydrogen (secondary N) is 1. The summed E-state index contributed by atoms with van der Waals surface area (Å²) in [6.07, 6.45) is 0. The van der Waals surface area contributed by atoms with Crippen molar-refractivity contribution in [3.8, 4) is 0 Å². The Morgan fingerprint density at radius 3 is 2.25 bits per heavy atom. The molecule has 0 aliphatic heterocycles. The van der Waals surface area contributed by atoms with Gasteiger partial charge in [0.25, 0.3) is 5.91 Å². The molecule has 1 atom stereocenters. The predicted octanol–water partition coefficient (Wildman–Crippen LogP) is 0.808. The van der Waals surface area contributed by atoms with Crippen LogP contribution in [0.1, 0.15) is 17.3 Å². The van der Waals surface area contributed by atoms with Gasteiger partial charge in [0.2, 0.25) is 0 Å². The first kappa shape index (κ1) is 15.9. The molecule has 1 rings (SSSR count). The predicted molar refractivity (Wildman–Crippen MR) is 56.9 cm³/mol. The summed E-state index contributed by atoms with van der Waals surface area (Å²) in [5, 5.41) is 19.6. The van der Waals surface area contributed by atoms with Crippen molar-refractivity contribution in [2.24, 2.45) is 0 Å².